The zero-order valence-corrected chi connectivity index (χ0v) is 15.1. The molecule has 1 aliphatic rings. The molecule has 0 aliphatic carbocycles. The highest BCUT2D eigenvalue weighted by molar-refractivity contribution is 9.10. The Morgan fingerprint density at radius 3 is 2.84 bits per heavy atom. The maximum Gasteiger partial charge on any atom is 0.244 e. The van der Waals surface area contributed by atoms with Crippen molar-refractivity contribution >= 4 is 27.5 Å². The molecule has 2 N–H and O–H groups in total. The molecule has 3 rings (SSSR count). The van der Waals surface area contributed by atoms with Gasteiger partial charge in [-0.1, -0.05) is 12.1 Å². The number of halogens is 3. The number of ether oxygens (including phenoxy) is 1. The largest absolute Gasteiger partial charge is 0.454 e. The summed E-state index contributed by atoms with van der Waals surface area (Å²) in [6.07, 6.45) is 0.345. The fraction of sp³-hybridized carbons (Fsp3) is 0.278. The molecule has 25 heavy (non-hydrogen) atoms. The maximum atomic E-state index is 13.6. The molecule has 0 bridgehead atoms. The first kappa shape index (κ1) is 17.8. The number of aryl methyl sites for hydroxylation is 1. The first-order valence-corrected chi connectivity index (χ1v) is 8.60. The Morgan fingerprint density at radius 1 is 1.36 bits per heavy atom. The Morgan fingerprint density at radius 2 is 2.12 bits per heavy atom. The van der Waals surface area contributed by atoms with E-state index in [-0.39, 0.29) is 18.2 Å². The van der Waals surface area contributed by atoms with Gasteiger partial charge in [0, 0.05) is 6.07 Å². The van der Waals surface area contributed by atoms with Crippen molar-refractivity contribution in [2.45, 2.75) is 19.4 Å². The van der Waals surface area contributed by atoms with Crippen molar-refractivity contribution in [3.63, 3.8) is 0 Å². The number of rotatable bonds is 4. The summed E-state index contributed by atoms with van der Waals surface area (Å²) >= 11 is 3.32. The van der Waals surface area contributed by atoms with Gasteiger partial charge >= 0.3 is 0 Å². The number of hydrogen-bond acceptors (Lipinski definition) is 3. The molecule has 2 aromatic rings. The van der Waals surface area contributed by atoms with Gasteiger partial charge < -0.3 is 15.4 Å². The third kappa shape index (κ3) is 3.39. The van der Waals surface area contributed by atoms with E-state index in [1.165, 1.54) is 23.1 Å². The van der Waals surface area contributed by atoms with Gasteiger partial charge in [-0.05, 0) is 52.5 Å². The van der Waals surface area contributed by atoms with Crippen LogP contribution in [0.2, 0.25) is 0 Å². The van der Waals surface area contributed by atoms with Crippen LogP contribution in [0.4, 0.5) is 14.5 Å². The lowest BCUT2D eigenvalue weighted by molar-refractivity contribution is -0.120. The summed E-state index contributed by atoms with van der Waals surface area (Å²) in [4.78, 5) is 13.7. The van der Waals surface area contributed by atoms with Crippen LogP contribution in [0.25, 0.3) is 0 Å². The number of hydrogen-bond donors (Lipinski definition) is 1. The minimum absolute atomic E-state index is 0.107. The second kappa shape index (κ2) is 7.09. The molecule has 0 fully saturated rings. The first-order valence-electron chi connectivity index (χ1n) is 7.80. The number of alkyl halides is 1. The maximum absolute atomic E-state index is 13.6. The van der Waals surface area contributed by atoms with Gasteiger partial charge in [-0.15, -0.1) is 0 Å². The molecule has 1 atom stereocenters. The molecule has 1 aliphatic heterocycles. The second-order valence-electron chi connectivity index (χ2n) is 5.89. The molecule has 0 saturated carbocycles. The van der Waals surface area contributed by atoms with Gasteiger partial charge in [-0.25, -0.2) is 8.78 Å². The van der Waals surface area contributed by atoms with Gasteiger partial charge in [0.15, 0.2) is 5.75 Å². The lowest BCUT2D eigenvalue weighted by atomic mass is 9.95. The highest BCUT2D eigenvalue weighted by Gasteiger charge is 2.33. The topological polar surface area (TPSA) is 55.6 Å². The van der Waals surface area contributed by atoms with Gasteiger partial charge in [0.1, 0.15) is 18.2 Å². The van der Waals surface area contributed by atoms with Crippen molar-refractivity contribution in [3.05, 3.63) is 51.7 Å². The van der Waals surface area contributed by atoms with Gasteiger partial charge in [-0.3, -0.25) is 4.79 Å². The molecule has 1 heterocycles. The fourth-order valence-electron chi connectivity index (χ4n) is 2.91. The average molecular weight is 411 g/mol. The summed E-state index contributed by atoms with van der Waals surface area (Å²) < 4.78 is 33.1. The Labute approximate surface area is 152 Å². The minimum Gasteiger partial charge on any atom is -0.454 e. The Bertz CT molecular complexity index is 829. The SMILES string of the molecule is Cc1ccc2c(c1Oc1cc(F)ccc1Br)N(CCF)C(=O)[C@H](N)C2. The quantitative estimate of drug-likeness (QED) is 0.831. The van der Waals surface area contributed by atoms with Gasteiger partial charge in [0.25, 0.3) is 0 Å². The van der Waals surface area contributed by atoms with Crippen LogP contribution in [0.15, 0.2) is 34.8 Å². The van der Waals surface area contributed by atoms with Gasteiger partial charge in [0.05, 0.1) is 22.7 Å². The standard InChI is InChI=1S/C18H17BrF2N2O2/c1-10-2-3-11-8-14(22)18(24)23(7-6-20)16(11)17(10)25-15-9-12(21)4-5-13(15)19/h2-5,9,14H,6-8,22H2,1H3/t14-/m1/s1. The molecule has 7 heteroatoms. The summed E-state index contributed by atoms with van der Waals surface area (Å²) in [7, 11) is 0. The summed E-state index contributed by atoms with van der Waals surface area (Å²) in [5.41, 5.74) is 7.94. The van der Waals surface area contributed by atoms with Crippen molar-refractivity contribution in [2.24, 2.45) is 5.73 Å². The molecule has 0 spiro atoms. The highest BCUT2D eigenvalue weighted by atomic mass is 79.9. The number of nitrogens with zero attached hydrogens (tertiary/aromatic N) is 1. The average Bonchev–Trinajstić information content (AvgIpc) is 2.58. The normalized spacial score (nSPS) is 16.8. The van der Waals surface area contributed by atoms with E-state index >= 15 is 0 Å². The van der Waals surface area contributed by atoms with E-state index in [0.29, 0.717) is 22.3 Å². The lowest BCUT2D eigenvalue weighted by Crippen LogP contribution is -2.49. The van der Waals surface area contributed by atoms with Crippen LogP contribution < -0.4 is 15.4 Å². The third-order valence-corrected chi connectivity index (χ3v) is 4.77. The molecule has 0 aromatic heterocycles. The van der Waals surface area contributed by atoms with Crippen molar-refractivity contribution in [2.75, 3.05) is 18.1 Å². The van der Waals surface area contributed by atoms with E-state index in [1.807, 2.05) is 19.1 Å². The van der Waals surface area contributed by atoms with Crippen LogP contribution in [0.3, 0.4) is 0 Å². The Kier molecular flexibility index (Phi) is 5.06. The number of nitrogens with two attached hydrogens (primary N) is 1. The van der Waals surface area contributed by atoms with Crippen molar-refractivity contribution in [1.29, 1.82) is 0 Å². The molecule has 0 saturated heterocycles. The smallest absolute Gasteiger partial charge is 0.244 e. The molecule has 4 nitrogen and oxygen atoms in total. The van der Waals surface area contributed by atoms with Crippen LogP contribution in [-0.4, -0.2) is 25.2 Å². The molecule has 132 valence electrons. The number of carbonyl (C=O) groups excluding carboxylic acids is 1. The van der Waals surface area contributed by atoms with Crippen LogP contribution in [0, 0.1) is 12.7 Å². The number of benzene rings is 2. The monoisotopic (exact) mass is 410 g/mol. The molecular formula is C18H17BrF2N2O2. The minimum atomic E-state index is -0.712. The van der Waals surface area contributed by atoms with E-state index in [1.54, 1.807) is 0 Å². The number of anilines is 1. The third-order valence-electron chi connectivity index (χ3n) is 4.12. The van der Waals surface area contributed by atoms with Crippen molar-refractivity contribution in [3.8, 4) is 11.5 Å². The summed E-state index contributed by atoms with van der Waals surface area (Å²) in [5.74, 6) is -0.116. The zero-order valence-electron chi connectivity index (χ0n) is 13.6. The van der Waals surface area contributed by atoms with E-state index in [4.69, 9.17) is 10.5 Å². The Hall–Kier alpha value is -1.99. The van der Waals surface area contributed by atoms with Gasteiger partial charge in [-0.2, -0.15) is 0 Å². The molecule has 1 amide bonds. The summed E-state index contributed by atoms with van der Waals surface area (Å²) in [6.45, 7) is 1.01. The first-order chi connectivity index (χ1) is 11.9. The van der Waals surface area contributed by atoms with Crippen LogP contribution in [0.5, 0.6) is 11.5 Å². The molecule has 0 unspecified atom stereocenters. The summed E-state index contributed by atoms with van der Waals surface area (Å²) in [5, 5.41) is 0. The van der Waals surface area contributed by atoms with Crippen LogP contribution in [-0.2, 0) is 11.2 Å². The predicted molar refractivity (Wildman–Crippen MR) is 95.4 cm³/mol. The number of carbonyl (C=O) groups is 1. The number of fused-ring (bicyclic) bond motifs is 1. The van der Waals surface area contributed by atoms with E-state index in [9.17, 15) is 13.6 Å². The van der Waals surface area contributed by atoms with Crippen molar-refractivity contribution < 1.29 is 18.3 Å². The van der Waals surface area contributed by atoms with Crippen LogP contribution >= 0.6 is 15.9 Å². The van der Waals surface area contributed by atoms with Crippen LogP contribution in [0.1, 0.15) is 11.1 Å². The number of amides is 1. The molecule has 2 aromatic carbocycles. The second-order valence-corrected chi connectivity index (χ2v) is 6.74. The Balaban J connectivity index is 2.13. The van der Waals surface area contributed by atoms with E-state index in [0.717, 1.165) is 11.1 Å². The van der Waals surface area contributed by atoms with E-state index in [2.05, 4.69) is 15.9 Å². The van der Waals surface area contributed by atoms with E-state index < -0.39 is 18.5 Å². The van der Waals surface area contributed by atoms with Crippen molar-refractivity contribution in [1.82, 2.24) is 0 Å². The zero-order chi connectivity index (χ0) is 18.1. The lowest BCUT2D eigenvalue weighted by Gasteiger charge is -2.34. The predicted octanol–water partition coefficient (Wildman–Crippen LogP) is 3.87. The highest BCUT2D eigenvalue weighted by Crippen LogP contribution is 2.42. The summed E-state index contributed by atoms with van der Waals surface area (Å²) in [6, 6.07) is 7.08. The van der Waals surface area contributed by atoms with Gasteiger partial charge in [0.2, 0.25) is 5.91 Å². The molecule has 0 radical (unpaired) electrons. The fourth-order valence-corrected chi connectivity index (χ4v) is 3.24. The molecular weight excluding hydrogens is 394 g/mol.